The summed E-state index contributed by atoms with van der Waals surface area (Å²) in [5.74, 6) is -1.60. The monoisotopic (exact) mass is 288 g/mol. The Morgan fingerprint density at radius 1 is 1.10 bits per heavy atom. The highest BCUT2D eigenvalue weighted by molar-refractivity contribution is 7.98. The van der Waals surface area contributed by atoms with Crippen LogP contribution >= 0.6 is 11.8 Å². The summed E-state index contributed by atoms with van der Waals surface area (Å²) in [5, 5.41) is 11.5. The van der Waals surface area contributed by atoms with E-state index < -0.39 is 11.9 Å². The van der Waals surface area contributed by atoms with Gasteiger partial charge in [-0.2, -0.15) is 0 Å². The second kappa shape index (κ2) is 6.21. The number of thioether (sulfide) groups is 1. The Balaban J connectivity index is 2.14. The van der Waals surface area contributed by atoms with Gasteiger partial charge in [-0.1, -0.05) is 6.07 Å². The number of carbonyl (C=O) groups is 2. The van der Waals surface area contributed by atoms with Crippen LogP contribution in [0.15, 0.2) is 47.4 Å². The van der Waals surface area contributed by atoms with Crippen LogP contribution in [0, 0.1) is 0 Å². The second-order valence-corrected chi connectivity index (χ2v) is 4.78. The van der Waals surface area contributed by atoms with Crippen molar-refractivity contribution in [3.8, 4) is 0 Å². The molecule has 0 spiro atoms. The molecular formula is C14H12N2O3S. The topological polar surface area (TPSA) is 79.3 Å². The third-order valence-electron chi connectivity index (χ3n) is 2.55. The Bertz CT molecular complexity index is 641. The molecule has 0 unspecified atom stereocenters. The van der Waals surface area contributed by atoms with Gasteiger partial charge in [0.1, 0.15) is 11.4 Å². The molecule has 2 aromatic rings. The summed E-state index contributed by atoms with van der Waals surface area (Å²) in [6.07, 6.45) is 1.97. The quantitative estimate of drug-likeness (QED) is 0.846. The van der Waals surface area contributed by atoms with Crippen molar-refractivity contribution in [2.75, 3.05) is 11.6 Å². The van der Waals surface area contributed by atoms with Crippen molar-refractivity contribution in [1.29, 1.82) is 0 Å². The molecule has 1 aromatic heterocycles. The first-order valence-corrected chi connectivity index (χ1v) is 6.98. The predicted octanol–water partition coefficient (Wildman–Crippen LogP) is 2.75. The van der Waals surface area contributed by atoms with Gasteiger partial charge >= 0.3 is 5.97 Å². The standard InChI is InChI=1S/C14H12N2O3S/c1-20-10-7-5-9(6-8-10)15-13(17)11-3-2-4-12(16-11)14(18)19/h2-8H,1H3,(H,15,17)(H,18,19). The largest absolute Gasteiger partial charge is 0.477 e. The number of nitrogens with one attached hydrogen (secondary N) is 1. The molecule has 2 N–H and O–H groups in total. The molecule has 1 heterocycles. The lowest BCUT2D eigenvalue weighted by atomic mass is 10.2. The van der Waals surface area contributed by atoms with Crippen molar-refractivity contribution in [2.24, 2.45) is 0 Å². The van der Waals surface area contributed by atoms with E-state index in [1.165, 1.54) is 18.2 Å². The van der Waals surface area contributed by atoms with Gasteiger partial charge in [-0.3, -0.25) is 4.79 Å². The summed E-state index contributed by atoms with van der Waals surface area (Å²) >= 11 is 1.61. The van der Waals surface area contributed by atoms with Gasteiger partial charge in [0, 0.05) is 10.6 Å². The molecule has 5 nitrogen and oxygen atoms in total. The number of anilines is 1. The molecule has 1 aromatic carbocycles. The van der Waals surface area contributed by atoms with Crippen molar-refractivity contribution >= 4 is 29.3 Å². The molecule has 0 atom stereocenters. The number of carbonyl (C=O) groups excluding carboxylic acids is 1. The number of carboxylic acid groups (broad SMARTS) is 1. The summed E-state index contributed by atoms with van der Waals surface area (Å²) < 4.78 is 0. The van der Waals surface area contributed by atoms with Gasteiger partial charge in [-0.25, -0.2) is 9.78 Å². The minimum Gasteiger partial charge on any atom is -0.477 e. The SMILES string of the molecule is CSc1ccc(NC(=O)c2cccc(C(=O)O)n2)cc1. The molecule has 0 fully saturated rings. The number of hydrogen-bond donors (Lipinski definition) is 2. The fourth-order valence-corrected chi connectivity index (χ4v) is 1.96. The van der Waals surface area contributed by atoms with Crippen LogP contribution in [-0.2, 0) is 0 Å². The van der Waals surface area contributed by atoms with Crippen molar-refractivity contribution in [3.63, 3.8) is 0 Å². The molecule has 0 radical (unpaired) electrons. The Labute approximate surface area is 120 Å². The molecule has 0 aliphatic carbocycles. The van der Waals surface area contributed by atoms with Crippen LogP contribution in [-0.4, -0.2) is 28.2 Å². The van der Waals surface area contributed by atoms with E-state index in [1.807, 2.05) is 18.4 Å². The second-order valence-electron chi connectivity index (χ2n) is 3.90. The van der Waals surface area contributed by atoms with Crippen LogP contribution in [0.25, 0.3) is 0 Å². The van der Waals surface area contributed by atoms with Gasteiger partial charge in [0.2, 0.25) is 0 Å². The highest BCUT2D eigenvalue weighted by Crippen LogP contribution is 2.17. The fourth-order valence-electron chi connectivity index (χ4n) is 1.55. The average Bonchev–Trinajstić information content (AvgIpc) is 2.48. The van der Waals surface area contributed by atoms with Crippen LogP contribution in [0.1, 0.15) is 21.0 Å². The number of carboxylic acids is 1. The van der Waals surface area contributed by atoms with E-state index in [4.69, 9.17) is 5.11 Å². The molecule has 2 rings (SSSR count). The Kier molecular flexibility index (Phi) is 4.37. The minimum absolute atomic E-state index is 0.0684. The van der Waals surface area contributed by atoms with E-state index >= 15 is 0 Å². The highest BCUT2D eigenvalue weighted by Gasteiger charge is 2.11. The van der Waals surface area contributed by atoms with Gasteiger partial charge in [-0.15, -0.1) is 11.8 Å². The Hall–Kier alpha value is -2.34. The number of nitrogens with zero attached hydrogens (tertiary/aromatic N) is 1. The van der Waals surface area contributed by atoms with E-state index in [2.05, 4.69) is 10.3 Å². The smallest absolute Gasteiger partial charge is 0.354 e. The van der Waals surface area contributed by atoms with Crippen molar-refractivity contribution in [2.45, 2.75) is 4.90 Å². The number of benzene rings is 1. The van der Waals surface area contributed by atoms with Crippen LogP contribution in [0.3, 0.4) is 0 Å². The number of rotatable bonds is 4. The highest BCUT2D eigenvalue weighted by atomic mass is 32.2. The molecule has 102 valence electrons. The van der Waals surface area contributed by atoms with Crippen molar-refractivity contribution in [3.05, 3.63) is 53.9 Å². The van der Waals surface area contributed by atoms with Crippen LogP contribution in [0.2, 0.25) is 0 Å². The molecule has 0 saturated heterocycles. The van der Waals surface area contributed by atoms with Crippen LogP contribution in [0.4, 0.5) is 5.69 Å². The lowest BCUT2D eigenvalue weighted by molar-refractivity contribution is 0.0690. The lowest BCUT2D eigenvalue weighted by Crippen LogP contribution is -2.15. The normalized spacial score (nSPS) is 10.1. The molecule has 0 saturated carbocycles. The van der Waals surface area contributed by atoms with Gasteiger partial charge in [-0.05, 0) is 42.7 Å². The van der Waals surface area contributed by atoms with Gasteiger partial charge < -0.3 is 10.4 Å². The molecule has 0 aliphatic heterocycles. The van der Waals surface area contributed by atoms with Gasteiger partial charge in [0.25, 0.3) is 5.91 Å². The summed E-state index contributed by atoms with van der Waals surface area (Å²) in [4.78, 5) is 27.7. The van der Waals surface area contributed by atoms with Crippen molar-refractivity contribution in [1.82, 2.24) is 4.98 Å². The first kappa shape index (κ1) is 14.1. The van der Waals surface area contributed by atoms with Gasteiger partial charge in [0.15, 0.2) is 0 Å². The lowest BCUT2D eigenvalue weighted by Gasteiger charge is -2.05. The molecule has 1 amide bonds. The van der Waals surface area contributed by atoms with Crippen molar-refractivity contribution < 1.29 is 14.7 Å². The first-order chi connectivity index (χ1) is 9.60. The van der Waals surface area contributed by atoms with E-state index in [1.54, 1.807) is 23.9 Å². The maximum Gasteiger partial charge on any atom is 0.354 e. The van der Waals surface area contributed by atoms with E-state index in [0.717, 1.165) is 4.90 Å². The third kappa shape index (κ3) is 3.36. The molecular weight excluding hydrogens is 276 g/mol. The first-order valence-electron chi connectivity index (χ1n) is 5.76. The number of hydrogen-bond acceptors (Lipinski definition) is 4. The zero-order chi connectivity index (χ0) is 14.5. The van der Waals surface area contributed by atoms with E-state index in [0.29, 0.717) is 5.69 Å². The zero-order valence-electron chi connectivity index (χ0n) is 10.7. The van der Waals surface area contributed by atoms with Crippen LogP contribution in [0.5, 0.6) is 0 Å². The van der Waals surface area contributed by atoms with Crippen LogP contribution < -0.4 is 5.32 Å². The Morgan fingerprint density at radius 3 is 2.35 bits per heavy atom. The molecule has 6 heteroatoms. The van der Waals surface area contributed by atoms with E-state index in [-0.39, 0.29) is 11.4 Å². The minimum atomic E-state index is -1.16. The maximum absolute atomic E-state index is 12.0. The zero-order valence-corrected chi connectivity index (χ0v) is 11.5. The maximum atomic E-state index is 12.0. The van der Waals surface area contributed by atoms with Gasteiger partial charge in [0.05, 0.1) is 0 Å². The third-order valence-corrected chi connectivity index (χ3v) is 3.29. The summed E-state index contributed by atoms with van der Waals surface area (Å²) in [6, 6.07) is 11.6. The summed E-state index contributed by atoms with van der Waals surface area (Å²) in [6.45, 7) is 0. The van der Waals surface area contributed by atoms with E-state index in [9.17, 15) is 9.59 Å². The Morgan fingerprint density at radius 2 is 1.75 bits per heavy atom. The number of amides is 1. The number of pyridine rings is 1. The molecule has 0 aliphatic rings. The number of aromatic carboxylic acids is 1. The fraction of sp³-hybridized carbons (Fsp3) is 0.0714. The summed E-state index contributed by atoms with van der Waals surface area (Å²) in [7, 11) is 0. The number of aromatic nitrogens is 1. The predicted molar refractivity (Wildman–Crippen MR) is 77.4 cm³/mol. The average molecular weight is 288 g/mol. The molecule has 20 heavy (non-hydrogen) atoms. The summed E-state index contributed by atoms with van der Waals surface area (Å²) in [5.41, 5.74) is 0.546. The molecule has 0 bridgehead atoms.